The number of hydrogen-bond acceptors (Lipinski definition) is 8. The first-order valence-corrected chi connectivity index (χ1v) is 10.6. The van der Waals surface area contributed by atoms with Crippen molar-refractivity contribution in [2.45, 2.75) is 19.1 Å². The Kier molecular flexibility index (Phi) is 5.39. The molecule has 0 saturated carbocycles. The number of aromatic nitrogens is 6. The number of hydrogen-bond donors (Lipinski definition) is 2. The Labute approximate surface area is 194 Å². The second-order valence-electron chi connectivity index (χ2n) is 8.32. The summed E-state index contributed by atoms with van der Waals surface area (Å²) in [5.74, 6) is -0.866. The fourth-order valence-electron chi connectivity index (χ4n) is 4.11. The number of carbonyl (C=O) groups is 1. The summed E-state index contributed by atoms with van der Waals surface area (Å²) in [5.41, 5.74) is 2.85. The number of alkyl halides is 3. The maximum Gasteiger partial charge on any atom is 0.490 e. The highest BCUT2D eigenvalue weighted by atomic mass is 19.4. The van der Waals surface area contributed by atoms with Crippen LogP contribution in [-0.4, -0.2) is 71.9 Å². The average molecular weight is 488 g/mol. The third-order valence-corrected chi connectivity index (χ3v) is 5.93. The van der Waals surface area contributed by atoms with Crippen molar-refractivity contribution in [3.63, 3.8) is 0 Å². The first-order chi connectivity index (χ1) is 16.6. The number of aliphatic carboxylic acids is 1. The van der Waals surface area contributed by atoms with Gasteiger partial charge >= 0.3 is 12.1 Å². The summed E-state index contributed by atoms with van der Waals surface area (Å²) in [5, 5.41) is 14.9. The third-order valence-electron chi connectivity index (χ3n) is 5.93. The van der Waals surface area contributed by atoms with Crippen molar-refractivity contribution in [3.8, 4) is 11.3 Å². The van der Waals surface area contributed by atoms with Crippen LogP contribution in [0.1, 0.15) is 5.82 Å². The third kappa shape index (κ3) is 4.39. The van der Waals surface area contributed by atoms with Crippen molar-refractivity contribution in [1.82, 2.24) is 34.3 Å². The highest BCUT2D eigenvalue weighted by Crippen LogP contribution is 2.28. The van der Waals surface area contributed by atoms with Gasteiger partial charge in [0.05, 0.1) is 11.4 Å². The van der Waals surface area contributed by atoms with E-state index in [1.807, 2.05) is 25.3 Å². The lowest BCUT2D eigenvalue weighted by Gasteiger charge is -2.29. The molecule has 2 N–H and O–H groups in total. The van der Waals surface area contributed by atoms with E-state index in [-0.39, 0.29) is 5.56 Å². The number of rotatable bonds is 2. The van der Waals surface area contributed by atoms with E-state index < -0.39 is 12.1 Å². The molecule has 0 bridgehead atoms. The van der Waals surface area contributed by atoms with Gasteiger partial charge in [0, 0.05) is 61.8 Å². The Morgan fingerprint density at radius 2 is 1.97 bits per heavy atom. The molecule has 0 spiro atoms. The minimum atomic E-state index is -5.08. The van der Waals surface area contributed by atoms with E-state index >= 15 is 0 Å². The van der Waals surface area contributed by atoms with E-state index in [2.05, 4.69) is 30.3 Å². The summed E-state index contributed by atoms with van der Waals surface area (Å²) in [4.78, 5) is 37.2. The van der Waals surface area contributed by atoms with Gasteiger partial charge in [-0.3, -0.25) is 9.20 Å². The fraction of sp³-hybridized carbons (Fsp3) is 0.333. The van der Waals surface area contributed by atoms with E-state index in [1.54, 1.807) is 27.4 Å². The monoisotopic (exact) mass is 488 g/mol. The largest absolute Gasteiger partial charge is 0.490 e. The minimum Gasteiger partial charge on any atom is -0.475 e. The zero-order valence-electron chi connectivity index (χ0n) is 18.3. The van der Waals surface area contributed by atoms with Crippen molar-refractivity contribution < 1.29 is 23.1 Å². The van der Waals surface area contributed by atoms with Crippen LogP contribution >= 0.6 is 0 Å². The van der Waals surface area contributed by atoms with E-state index in [9.17, 15) is 18.0 Å². The highest BCUT2D eigenvalue weighted by Gasteiger charge is 2.39. The molecule has 6 heterocycles. The normalized spacial score (nSPS) is 19.3. The second kappa shape index (κ2) is 8.30. The molecular formula is C21H19F3N8O3. The molecule has 182 valence electrons. The number of nitrogens with one attached hydrogen (secondary N) is 1. The van der Waals surface area contributed by atoms with Crippen LogP contribution in [0.3, 0.4) is 0 Å². The van der Waals surface area contributed by atoms with E-state index in [0.717, 1.165) is 36.8 Å². The van der Waals surface area contributed by atoms with Gasteiger partial charge in [-0.15, -0.1) is 0 Å². The molecule has 2 fully saturated rings. The van der Waals surface area contributed by atoms with Gasteiger partial charge in [0.25, 0.3) is 11.3 Å². The molecule has 0 amide bonds. The first kappa shape index (κ1) is 22.7. The molecule has 2 aliphatic heterocycles. The van der Waals surface area contributed by atoms with Gasteiger partial charge < -0.3 is 15.3 Å². The number of anilines is 1. The summed E-state index contributed by atoms with van der Waals surface area (Å²) < 4.78 is 34.9. The van der Waals surface area contributed by atoms with Crippen LogP contribution in [0.25, 0.3) is 22.7 Å². The lowest BCUT2D eigenvalue weighted by Crippen LogP contribution is -2.51. The molecule has 4 aromatic heterocycles. The lowest BCUT2D eigenvalue weighted by molar-refractivity contribution is -0.192. The smallest absolute Gasteiger partial charge is 0.475 e. The van der Waals surface area contributed by atoms with Crippen LogP contribution < -0.4 is 15.8 Å². The Balaban J connectivity index is 0.000000320. The Morgan fingerprint density at radius 3 is 2.60 bits per heavy atom. The molecular weight excluding hydrogens is 469 g/mol. The van der Waals surface area contributed by atoms with E-state index in [4.69, 9.17) is 9.90 Å². The van der Waals surface area contributed by atoms with Gasteiger partial charge in [-0.1, -0.05) is 0 Å². The topological polar surface area (TPSA) is 130 Å². The fourth-order valence-corrected chi connectivity index (χ4v) is 4.11. The Bertz CT molecular complexity index is 1490. The molecule has 14 heteroatoms. The van der Waals surface area contributed by atoms with Crippen molar-refractivity contribution in [3.05, 3.63) is 53.0 Å². The maximum atomic E-state index is 12.8. The van der Waals surface area contributed by atoms with Crippen LogP contribution in [0.15, 0.2) is 41.6 Å². The molecule has 35 heavy (non-hydrogen) atoms. The van der Waals surface area contributed by atoms with Crippen molar-refractivity contribution in [2.75, 3.05) is 24.5 Å². The summed E-state index contributed by atoms with van der Waals surface area (Å²) in [6.45, 7) is 4.92. The van der Waals surface area contributed by atoms with Gasteiger partial charge in [0.1, 0.15) is 11.5 Å². The number of pyridine rings is 1. The molecule has 0 aliphatic carbocycles. The van der Waals surface area contributed by atoms with Crippen LogP contribution in [-0.2, 0) is 4.79 Å². The quantitative estimate of drug-likeness (QED) is 0.427. The van der Waals surface area contributed by atoms with Crippen molar-refractivity contribution >= 4 is 23.1 Å². The van der Waals surface area contributed by atoms with E-state index in [1.165, 1.54) is 0 Å². The molecule has 4 aromatic rings. The van der Waals surface area contributed by atoms with Gasteiger partial charge in [-0.25, -0.2) is 19.3 Å². The standard InChI is InChI=1S/C19H18N8O.C2HF3O2/c1-11-22-19-21-6-13(8-27(19)24-11)15-4-18(28)26-9-14(2-3-17(26)23-15)25-7-12-5-20-16(12)10-25;3-2(4,5)1(6)7/h2-4,6,8-9,12,16,20H,5,7,10H2,1H3;(H,6,7). The van der Waals surface area contributed by atoms with E-state index in [0.29, 0.717) is 29.0 Å². The average Bonchev–Trinajstić information content (AvgIpc) is 3.30. The van der Waals surface area contributed by atoms with Crippen LogP contribution in [0.4, 0.5) is 18.9 Å². The summed E-state index contributed by atoms with van der Waals surface area (Å²) in [6, 6.07) is 6.06. The maximum absolute atomic E-state index is 12.8. The summed E-state index contributed by atoms with van der Waals surface area (Å²) >= 11 is 0. The van der Waals surface area contributed by atoms with Gasteiger partial charge in [-0.2, -0.15) is 23.3 Å². The highest BCUT2D eigenvalue weighted by molar-refractivity contribution is 5.73. The zero-order chi connectivity index (χ0) is 24.9. The van der Waals surface area contributed by atoms with Gasteiger partial charge in [-0.05, 0) is 19.1 Å². The number of nitrogens with zero attached hydrogens (tertiary/aromatic N) is 7. The lowest BCUT2D eigenvalue weighted by atomic mass is 9.96. The van der Waals surface area contributed by atoms with Crippen LogP contribution in [0.5, 0.6) is 0 Å². The zero-order valence-corrected chi connectivity index (χ0v) is 18.3. The van der Waals surface area contributed by atoms with Crippen LogP contribution in [0.2, 0.25) is 0 Å². The molecule has 2 unspecified atom stereocenters. The molecule has 6 rings (SSSR count). The summed E-state index contributed by atoms with van der Waals surface area (Å²) in [7, 11) is 0. The van der Waals surface area contributed by atoms with Crippen molar-refractivity contribution in [2.24, 2.45) is 5.92 Å². The van der Waals surface area contributed by atoms with Gasteiger partial charge in [0.2, 0.25) is 0 Å². The second-order valence-corrected chi connectivity index (χ2v) is 8.32. The number of carboxylic acid groups (broad SMARTS) is 1. The summed E-state index contributed by atoms with van der Waals surface area (Å²) in [6.07, 6.45) is 0.270. The molecule has 2 atom stereocenters. The molecule has 0 aromatic carbocycles. The van der Waals surface area contributed by atoms with Crippen molar-refractivity contribution in [1.29, 1.82) is 0 Å². The number of fused-ring (bicyclic) bond motifs is 3. The number of aryl methyl sites for hydroxylation is 1. The predicted molar refractivity (Wildman–Crippen MR) is 117 cm³/mol. The SMILES string of the molecule is Cc1nc2ncc(-c3cc(=O)n4cc(N5CC6CNC6C5)ccc4n3)cn2n1.O=C(O)C(F)(F)F. The molecule has 2 saturated heterocycles. The minimum absolute atomic E-state index is 0.114. The predicted octanol–water partition coefficient (Wildman–Crippen LogP) is 1.15. The molecule has 2 aliphatic rings. The molecule has 11 nitrogen and oxygen atoms in total. The molecule has 0 radical (unpaired) electrons. The number of halogens is 3. The van der Waals surface area contributed by atoms with Crippen LogP contribution in [0, 0.1) is 12.8 Å². The first-order valence-electron chi connectivity index (χ1n) is 10.6. The van der Waals surface area contributed by atoms with Gasteiger partial charge in [0.15, 0.2) is 0 Å². The Morgan fingerprint density at radius 1 is 1.20 bits per heavy atom. The Hall–Kier alpha value is -4.07. The number of carboxylic acids is 1.